The number of aryl methyl sites for hydroxylation is 1. The third-order valence-corrected chi connectivity index (χ3v) is 5.34. The molecule has 0 spiro atoms. The summed E-state index contributed by atoms with van der Waals surface area (Å²) in [5.41, 5.74) is 2.87. The second-order valence-corrected chi connectivity index (χ2v) is 9.23. The molecule has 4 heteroatoms. The second-order valence-electron chi connectivity index (χ2n) is 9.23. The lowest BCUT2D eigenvalue weighted by molar-refractivity contribution is -0.133. The van der Waals surface area contributed by atoms with Gasteiger partial charge in [-0.3, -0.25) is 9.69 Å². The van der Waals surface area contributed by atoms with Crippen molar-refractivity contribution in [2.75, 3.05) is 45.8 Å². The molecule has 152 valence electrons. The molecule has 1 fully saturated rings. The molecule has 0 aromatic heterocycles. The van der Waals surface area contributed by atoms with Crippen LogP contribution < -0.4 is 0 Å². The van der Waals surface area contributed by atoms with Gasteiger partial charge in [-0.1, -0.05) is 57.5 Å². The van der Waals surface area contributed by atoms with Crippen molar-refractivity contribution in [1.82, 2.24) is 14.7 Å². The van der Waals surface area contributed by atoms with E-state index in [1.54, 1.807) is 0 Å². The molecule has 27 heavy (non-hydrogen) atoms. The standard InChI is InChI=1S/C23H39N3O/c1-6-12-26(18-21-9-7-20(2)8-10-21)22(27)19-25-16-14-24(15-17-25)13-11-23(3,4)5/h7-10H,6,11-19H2,1-5H3. The molecule has 0 saturated carbocycles. The molecule has 0 bridgehead atoms. The van der Waals surface area contributed by atoms with Crippen molar-refractivity contribution in [2.45, 2.75) is 54.0 Å². The zero-order valence-electron chi connectivity index (χ0n) is 18.1. The SMILES string of the molecule is CCCN(Cc1ccc(C)cc1)C(=O)CN1CCN(CCC(C)(C)C)CC1. The second kappa shape index (κ2) is 10.2. The highest BCUT2D eigenvalue weighted by molar-refractivity contribution is 5.78. The van der Waals surface area contributed by atoms with Gasteiger partial charge in [0.2, 0.25) is 5.91 Å². The highest BCUT2D eigenvalue weighted by Gasteiger charge is 2.22. The number of nitrogens with zero attached hydrogens (tertiary/aromatic N) is 3. The number of hydrogen-bond donors (Lipinski definition) is 0. The number of carbonyl (C=O) groups excluding carboxylic acids is 1. The third kappa shape index (κ3) is 8.02. The van der Waals surface area contributed by atoms with Crippen LogP contribution >= 0.6 is 0 Å². The van der Waals surface area contributed by atoms with Crippen LogP contribution in [0.5, 0.6) is 0 Å². The van der Waals surface area contributed by atoms with E-state index in [4.69, 9.17) is 0 Å². The van der Waals surface area contributed by atoms with Crippen LogP contribution in [0.25, 0.3) is 0 Å². The summed E-state index contributed by atoms with van der Waals surface area (Å²) in [5.74, 6) is 0.264. The molecular formula is C23H39N3O. The van der Waals surface area contributed by atoms with E-state index >= 15 is 0 Å². The molecule has 1 aliphatic heterocycles. The van der Waals surface area contributed by atoms with Gasteiger partial charge in [-0.15, -0.1) is 0 Å². The summed E-state index contributed by atoms with van der Waals surface area (Å²) >= 11 is 0. The molecule has 1 saturated heterocycles. The van der Waals surface area contributed by atoms with Gasteiger partial charge in [0.15, 0.2) is 0 Å². The van der Waals surface area contributed by atoms with Gasteiger partial charge < -0.3 is 9.80 Å². The maximum absolute atomic E-state index is 12.9. The monoisotopic (exact) mass is 373 g/mol. The van der Waals surface area contributed by atoms with E-state index in [9.17, 15) is 4.79 Å². The first-order chi connectivity index (χ1) is 12.8. The van der Waals surface area contributed by atoms with Gasteiger partial charge in [-0.25, -0.2) is 0 Å². The fourth-order valence-electron chi connectivity index (χ4n) is 3.43. The lowest BCUT2D eigenvalue weighted by Gasteiger charge is -2.36. The maximum atomic E-state index is 12.9. The highest BCUT2D eigenvalue weighted by Crippen LogP contribution is 2.19. The van der Waals surface area contributed by atoms with Crippen LogP contribution in [-0.4, -0.2) is 66.4 Å². The van der Waals surface area contributed by atoms with Crippen LogP contribution in [-0.2, 0) is 11.3 Å². The van der Waals surface area contributed by atoms with Crippen molar-refractivity contribution in [2.24, 2.45) is 5.41 Å². The summed E-state index contributed by atoms with van der Waals surface area (Å²) in [6, 6.07) is 8.53. The molecule has 2 rings (SSSR count). The fraction of sp³-hybridized carbons (Fsp3) is 0.696. The van der Waals surface area contributed by atoms with Gasteiger partial charge in [-0.05, 0) is 37.3 Å². The predicted octanol–water partition coefficient (Wildman–Crippen LogP) is 3.79. The van der Waals surface area contributed by atoms with Crippen molar-refractivity contribution in [3.8, 4) is 0 Å². The minimum Gasteiger partial charge on any atom is -0.337 e. The van der Waals surface area contributed by atoms with E-state index in [1.165, 1.54) is 24.1 Å². The largest absolute Gasteiger partial charge is 0.337 e. The van der Waals surface area contributed by atoms with Gasteiger partial charge in [-0.2, -0.15) is 0 Å². The number of carbonyl (C=O) groups is 1. The lowest BCUT2D eigenvalue weighted by atomic mass is 9.92. The summed E-state index contributed by atoms with van der Waals surface area (Å²) in [5, 5.41) is 0. The van der Waals surface area contributed by atoms with Gasteiger partial charge in [0.25, 0.3) is 0 Å². The topological polar surface area (TPSA) is 26.8 Å². The number of hydrogen-bond acceptors (Lipinski definition) is 3. The summed E-state index contributed by atoms with van der Waals surface area (Å²) in [6.45, 7) is 18.6. The molecule has 0 N–H and O–H groups in total. The summed E-state index contributed by atoms with van der Waals surface area (Å²) in [6.07, 6.45) is 2.23. The van der Waals surface area contributed by atoms with Crippen LogP contribution in [0.15, 0.2) is 24.3 Å². The van der Waals surface area contributed by atoms with Crippen LogP contribution in [0.3, 0.4) is 0 Å². The van der Waals surface area contributed by atoms with Crippen molar-refractivity contribution >= 4 is 5.91 Å². The summed E-state index contributed by atoms with van der Waals surface area (Å²) < 4.78 is 0. The Hall–Kier alpha value is -1.39. The summed E-state index contributed by atoms with van der Waals surface area (Å²) in [4.78, 5) is 19.8. The van der Waals surface area contributed by atoms with Gasteiger partial charge in [0.05, 0.1) is 6.54 Å². The Morgan fingerprint density at radius 3 is 2.19 bits per heavy atom. The van der Waals surface area contributed by atoms with E-state index < -0.39 is 0 Å². The van der Waals surface area contributed by atoms with Crippen LogP contribution in [0, 0.1) is 12.3 Å². The minimum absolute atomic E-state index is 0.264. The Bertz CT molecular complexity index is 568. The molecule has 1 heterocycles. The van der Waals surface area contributed by atoms with E-state index in [0.717, 1.165) is 45.7 Å². The summed E-state index contributed by atoms with van der Waals surface area (Å²) in [7, 11) is 0. The van der Waals surface area contributed by atoms with Crippen LogP contribution in [0.2, 0.25) is 0 Å². The highest BCUT2D eigenvalue weighted by atomic mass is 16.2. The first-order valence-corrected chi connectivity index (χ1v) is 10.5. The number of amides is 1. The first kappa shape index (κ1) is 21.9. The van der Waals surface area contributed by atoms with Gasteiger partial charge in [0.1, 0.15) is 0 Å². The zero-order chi connectivity index (χ0) is 19.9. The van der Waals surface area contributed by atoms with E-state index in [2.05, 4.69) is 68.7 Å². The Morgan fingerprint density at radius 1 is 1.04 bits per heavy atom. The normalized spacial score (nSPS) is 16.5. The smallest absolute Gasteiger partial charge is 0.237 e. The molecular weight excluding hydrogens is 334 g/mol. The van der Waals surface area contributed by atoms with Crippen molar-refractivity contribution in [1.29, 1.82) is 0 Å². The third-order valence-electron chi connectivity index (χ3n) is 5.34. The maximum Gasteiger partial charge on any atom is 0.237 e. The number of piperazine rings is 1. The molecule has 4 nitrogen and oxygen atoms in total. The molecule has 1 aromatic rings. The predicted molar refractivity (Wildman–Crippen MR) is 114 cm³/mol. The molecule has 0 atom stereocenters. The molecule has 0 aliphatic carbocycles. The number of benzene rings is 1. The van der Waals surface area contributed by atoms with Gasteiger partial charge >= 0.3 is 0 Å². The van der Waals surface area contributed by atoms with Crippen molar-refractivity contribution in [3.63, 3.8) is 0 Å². The molecule has 1 aromatic carbocycles. The quantitative estimate of drug-likeness (QED) is 0.694. The molecule has 0 unspecified atom stereocenters. The Labute approximate surface area is 166 Å². The first-order valence-electron chi connectivity index (χ1n) is 10.5. The minimum atomic E-state index is 0.264. The van der Waals surface area contributed by atoms with Crippen molar-refractivity contribution < 1.29 is 4.79 Å². The fourth-order valence-corrected chi connectivity index (χ4v) is 3.43. The van der Waals surface area contributed by atoms with Crippen molar-refractivity contribution in [3.05, 3.63) is 35.4 Å². The average Bonchev–Trinajstić information content (AvgIpc) is 2.62. The lowest BCUT2D eigenvalue weighted by Crippen LogP contribution is -2.50. The Kier molecular flexibility index (Phi) is 8.30. The molecule has 0 radical (unpaired) electrons. The van der Waals surface area contributed by atoms with E-state index in [-0.39, 0.29) is 5.91 Å². The Morgan fingerprint density at radius 2 is 1.63 bits per heavy atom. The number of rotatable bonds is 8. The molecule has 1 amide bonds. The molecule has 1 aliphatic rings. The Balaban J connectivity index is 1.80. The van der Waals surface area contributed by atoms with E-state index in [1.807, 2.05) is 4.90 Å². The van der Waals surface area contributed by atoms with Crippen LogP contribution in [0.1, 0.15) is 51.7 Å². The van der Waals surface area contributed by atoms with E-state index in [0.29, 0.717) is 12.0 Å². The average molecular weight is 374 g/mol. The zero-order valence-corrected chi connectivity index (χ0v) is 18.1. The van der Waals surface area contributed by atoms with Gasteiger partial charge in [0, 0.05) is 39.3 Å². The van der Waals surface area contributed by atoms with Crippen LogP contribution in [0.4, 0.5) is 0 Å².